The summed E-state index contributed by atoms with van der Waals surface area (Å²) >= 11 is 0. The van der Waals surface area contributed by atoms with Crippen molar-refractivity contribution < 1.29 is 4.79 Å². The number of hydrogen-bond donors (Lipinski definition) is 3. The molecule has 104 valence electrons. The van der Waals surface area contributed by atoms with E-state index in [0.717, 1.165) is 17.3 Å². The third-order valence-electron chi connectivity index (χ3n) is 3.92. The van der Waals surface area contributed by atoms with Gasteiger partial charge in [-0.1, -0.05) is 32.0 Å². The summed E-state index contributed by atoms with van der Waals surface area (Å²) in [7, 11) is 0. The summed E-state index contributed by atoms with van der Waals surface area (Å²) in [5.74, 6) is 5.38. The van der Waals surface area contributed by atoms with Crippen LogP contribution in [0.15, 0.2) is 30.3 Å². The normalized spacial score (nSPS) is 19.6. The maximum atomic E-state index is 12.3. The topological polar surface area (TPSA) is 80.0 Å². The molecule has 0 saturated heterocycles. The Labute approximate surface area is 117 Å². The number of nitrogen functional groups attached to an aromatic ring is 1. The van der Waals surface area contributed by atoms with Crippen LogP contribution in [0.5, 0.6) is 0 Å². The van der Waals surface area contributed by atoms with E-state index in [1.807, 2.05) is 24.3 Å². The van der Waals surface area contributed by atoms with E-state index in [1.54, 1.807) is 6.07 Å². The van der Waals surface area contributed by atoms with E-state index < -0.39 is 0 Å². The molecule has 5 heteroatoms. The van der Waals surface area contributed by atoms with Crippen LogP contribution in [0.2, 0.25) is 0 Å². The largest absolute Gasteiger partial charge is 0.347 e. The number of nitrogens with zero attached hydrogens (tertiary/aromatic N) is 1. The molecule has 0 radical (unpaired) electrons. The maximum Gasteiger partial charge on any atom is 0.270 e. The molecule has 0 spiro atoms. The predicted octanol–water partition coefficient (Wildman–Crippen LogP) is 2.05. The van der Waals surface area contributed by atoms with E-state index in [9.17, 15) is 4.79 Å². The lowest BCUT2D eigenvalue weighted by atomic mass is 10.1. The van der Waals surface area contributed by atoms with Gasteiger partial charge in [-0.25, -0.2) is 4.98 Å². The number of hydrazine groups is 1. The van der Waals surface area contributed by atoms with E-state index in [2.05, 4.69) is 29.6 Å². The summed E-state index contributed by atoms with van der Waals surface area (Å²) in [6, 6.07) is 9.51. The molecule has 1 aliphatic rings. The molecule has 2 aromatic rings. The zero-order valence-electron chi connectivity index (χ0n) is 11.6. The Bertz CT molecular complexity index is 681. The minimum absolute atomic E-state index is 0.150. The fourth-order valence-corrected chi connectivity index (χ4v) is 2.36. The number of fused-ring (bicyclic) bond motifs is 1. The zero-order valence-corrected chi connectivity index (χ0v) is 11.6. The van der Waals surface area contributed by atoms with Gasteiger partial charge >= 0.3 is 0 Å². The highest BCUT2D eigenvalue weighted by Gasteiger charge is 2.46. The number of pyridine rings is 1. The van der Waals surface area contributed by atoms with Gasteiger partial charge in [-0.05, 0) is 24.0 Å². The maximum absolute atomic E-state index is 12.3. The molecule has 1 saturated carbocycles. The summed E-state index contributed by atoms with van der Waals surface area (Å²) in [5.41, 5.74) is 4.67. The molecule has 1 amide bonds. The molecule has 0 aliphatic heterocycles. The van der Waals surface area contributed by atoms with E-state index >= 15 is 0 Å². The van der Waals surface area contributed by atoms with Crippen LogP contribution >= 0.6 is 0 Å². The van der Waals surface area contributed by atoms with Crippen molar-refractivity contribution >= 4 is 22.5 Å². The first-order chi connectivity index (χ1) is 9.51. The SMILES string of the molecule is CC1(C)CC1NC(=O)c1cc(NN)c2ccccc2n1. The number of carbonyl (C=O) groups is 1. The lowest BCUT2D eigenvalue weighted by Crippen LogP contribution is -2.29. The Kier molecular flexibility index (Phi) is 2.87. The fourth-order valence-electron chi connectivity index (χ4n) is 2.36. The van der Waals surface area contributed by atoms with Crippen LogP contribution in [0.25, 0.3) is 10.9 Å². The molecular weight excluding hydrogens is 252 g/mol. The average molecular weight is 270 g/mol. The van der Waals surface area contributed by atoms with Crippen LogP contribution in [-0.2, 0) is 0 Å². The summed E-state index contributed by atoms with van der Waals surface area (Å²) in [5, 5.41) is 3.91. The molecule has 1 aromatic heterocycles. The van der Waals surface area contributed by atoms with E-state index in [4.69, 9.17) is 5.84 Å². The number of nitrogens with two attached hydrogens (primary N) is 1. The van der Waals surface area contributed by atoms with Crippen molar-refractivity contribution in [3.05, 3.63) is 36.0 Å². The molecule has 4 N–H and O–H groups in total. The summed E-state index contributed by atoms with van der Waals surface area (Å²) in [4.78, 5) is 16.7. The standard InChI is InChI=1S/C15H18N4O/c1-15(2)8-13(15)18-14(20)12-7-11(19-16)9-5-3-4-6-10(9)17-12/h3-7,13H,8,16H2,1-2H3,(H,17,19)(H,18,20). The molecule has 1 aromatic carbocycles. The highest BCUT2D eigenvalue weighted by molar-refractivity contribution is 5.99. The molecule has 1 heterocycles. The minimum Gasteiger partial charge on any atom is -0.347 e. The molecule has 5 nitrogen and oxygen atoms in total. The Morgan fingerprint density at radius 2 is 2.10 bits per heavy atom. The number of hydrogen-bond acceptors (Lipinski definition) is 4. The number of benzene rings is 1. The lowest BCUT2D eigenvalue weighted by Gasteiger charge is -2.10. The number of para-hydroxylation sites is 1. The zero-order chi connectivity index (χ0) is 14.3. The summed E-state index contributed by atoms with van der Waals surface area (Å²) in [6.45, 7) is 4.28. The Hall–Kier alpha value is -2.14. The first-order valence-electron chi connectivity index (χ1n) is 6.68. The highest BCUT2D eigenvalue weighted by Crippen LogP contribution is 2.44. The van der Waals surface area contributed by atoms with Crippen molar-refractivity contribution in [3.8, 4) is 0 Å². The van der Waals surface area contributed by atoms with Crippen LogP contribution < -0.4 is 16.6 Å². The monoisotopic (exact) mass is 270 g/mol. The quantitative estimate of drug-likeness (QED) is 0.589. The first-order valence-corrected chi connectivity index (χ1v) is 6.68. The molecule has 20 heavy (non-hydrogen) atoms. The van der Waals surface area contributed by atoms with Crippen molar-refractivity contribution in [2.75, 3.05) is 5.43 Å². The molecular formula is C15H18N4O. The van der Waals surface area contributed by atoms with E-state index in [0.29, 0.717) is 11.4 Å². The van der Waals surface area contributed by atoms with Gasteiger partial charge < -0.3 is 10.7 Å². The minimum atomic E-state index is -0.150. The van der Waals surface area contributed by atoms with Crippen molar-refractivity contribution in [3.63, 3.8) is 0 Å². The average Bonchev–Trinajstić information content (AvgIpc) is 3.04. The molecule has 1 atom stereocenters. The molecule has 0 bridgehead atoms. The predicted molar refractivity (Wildman–Crippen MR) is 79.2 cm³/mol. The van der Waals surface area contributed by atoms with Gasteiger partial charge in [0.15, 0.2) is 0 Å². The molecule has 1 aliphatic carbocycles. The first kappa shape index (κ1) is 12.9. The van der Waals surface area contributed by atoms with Crippen LogP contribution in [0.4, 0.5) is 5.69 Å². The van der Waals surface area contributed by atoms with Crippen LogP contribution in [0, 0.1) is 5.41 Å². The van der Waals surface area contributed by atoms with Gasteiger partial charge in [0.1, 0.15) is 5.69 Å². The molecule has 3 rings (SSSR count). The second-order valence-corrected chi connectivity index (χ2v) is 5.94. The van der Waals surface area contributed by atoms with Crippen LogP contribution in [-0.4, -0.2) is 16.9 Å². The van der Waals surface area contributed by atoms with Crippen molar-refractivity contribution in [2.24, 2.45) is 11.3 Å². The Morgan fingerprint density at radius 1 is 1.40 bits per heavy atom. The van der Waals surface area contributed by atoms with Gasteiger partial charge in [-0.3, -0.25) is 10.6 Å². The summed E-state index contributed by atoms with van der Waals surface area (Å²) < 4.78 is 0. The number of aromatic nitrogens is 1. The second-order valence-electron chi connectivity index (χ2n) is 5.94. The second kappa shape index (κ2) is 4.45. The van der Waals surface area contributed by atoms with E-state index in [-0.39, 0.29) is 17.4 Å². The van der Waals surface area contributed by atoms with Gasteiger partial charge in [0.2, 0.25) is 0 Å². The Balaban J connectivity index is 1.93. The molecule has 1 unspecified atom stereocenters. The fraction of sp³-hybridized carbons (Fsp3) is 0.333. The van der Waals surface area contributed by atoms with Crippen LogP contribution in [0.3, 0.4) is 0 Å². The highest BCUT2D eigenvalue weighted by atomic mass is 16.2. The van der Waals surface area contributed by atoms with Crippen molar-refractivity contribution in [2.45, 2.75) is 26.3 Å². The third-order valence-corrected chi connectivity index (χ3v) is 3.92. The van der Waals surface area contributed by atoms with Gasteiger partial charge in [0.05, 0.1) is 11.2 Å². The third kappa shape index (κ3) is 2.20. The van der Waals surface area contributed by atoms with E-state index in [1.165, 1.54) is 0 Å². The summed E-state index contributed by atoms with van der Waals surface area (Å²) in [6.07, 6.45) is 1.01. The van der Waals surface area contributed by atoms with Crippen molar-refractivity contribution in [1.29, 1.82) is 0 Å². The van der Waals surface area contributed by atoms with Gasteiger partial charge in [-0.15, -0.1) is 0 Å². The van der Waals surface area contributed by atoms with Gasteiger partial charge in [0.25, 0.3) is 5.91 Å². The number of carbonyl (C=O) groups excluding carboxylic acids is 1. The van der Waals surface area contributed by atoms with Gasteiger partial charge in [0, 0.05) is 11.4 Å². The smallest absolute Gasteiger partial charge is 0.270 e. The molecule has 1 fully saturated rings. The van der Waals surface area contributed by atoms with Gasteiger partial charge in [-0.2, -0.15) is 0 Å². The van der Waals surface area contributed by atoms with Crippen LogP contribution in [0.1, 0.15) is 30.8 Å². The number of amides is 1. The lowest BCUT2D eigenvalue weighted by molar-refractivity contribution is 0.0941. The van der Waals surface area contributed by atoms with Crippen molar-refractivity contribution in [1.82, 2.24) is 10.3 Å². The number of rotatable bonds is 3. The number of anilines is 1. The Morgan fingerprint density at radius 3 is 2.75 bits per heavy atom. The number of nitrogens with one attached hydrogen (secondary N) is 2.